The topological polar surface area (TPSA) is 75.0 Å². The van der Waals surface area contributed by atoms with Crippen LogP contribution in [0.2, 0.25) is 0 Å². The average Bonchev–Trinajstić information content (AvgIpc) is 3.49. The number of piperazine rings is 1. The molecule has 1 saturated heterocycles. The number of halogens is 2. The molecule has 2 aliphatic rings. The number of likely N-dealkylation sites (N-methyl/N-ethyl adjacent to an activating group) is 1. The summed E-state index contributed by atoms with van der Waals surface area (Å²) >= 11 is 0. The standard InChI is InChI=1S/C19H21F2N3O4/c1-22-5-7-23(8-6-22)16-13(20)15-12(18(28-2)14(16)21)17(25)11(19(26)27)9-24(15)10-3-4-10/h9-10H,3-8H2,1-2H3,(H,26,27). The number of fused-ring (bicyclic) bond motifs is 1. The van der Waals surface area contributed by atoms with E-state index in [2.05, 4.69) is 4.90 Å². The van der Waals surface area contributed by atoms with Gasteiger partial charge in [0.05, 0.1) is 18.0 Å². The van der Waals surface area contributed by atoms with Crippen molar-refractivity contribution in [1.29, 1.82) is 0 Å². The van der Waals surface area contributed by atoms with Crippen molar-refractivity contribution in [3.8, 4) is 5.75 Å². The number of methoxy groups -OCH3 is 1. The van der Waals surface area contributed by atoms with Gasteiger partial charge in [-0.25, -0.2) is 13.6 Å². The van der Waals surface area contributed by atoms with Crippen molar-refractivity contribution in [3.05, 3.63) is 33.6 Å². The minimum Gasteiger partial charge on any atom is -0.493 e. The zero-order chi connectivity index (χ0) is 20.2. The van der Waals surface area contributed by atoms with Gasteiger partial charge < -0.3 is 24.2 Å². The minimum absolute atomic E-state index is 0.0929. The lowest BCUT2D eigenvalue weighted by atomic mass is 10.1. The molecular formula is C19H21F2N3O4. The van der Waals surface area contributed by atoms with Crippen molar-refractivity contribution in [2.24, 2.45) is 0 Å². The first-order chi connectivity index (χ1) is 13.3. The van der Waals surface area contributed by atoms with Gasteiger partial charge in [-0.15, -0.1) is 0 Å². The summed E-state index contributed by atoms with van der Waals surface area (Å²) in [4.78, 5) is 27.9. The number of pyridine rings is 1. The molecule has 1 aliphatic heterocycles. The van der Waals surface area contributed by atoms with Gasteiger partial charge in [0.25, 0.3) is 0 Å². The zero-order valence-electron chi connectivity index (χ0n) is 15.7. The molecule has 2 fully saturated rings. The number of nitrogens with zero attached hydrogens (tertiary/aromatic N) is 3. The molecular weight excluding hydrogens is 372 g/mol. The van der Waals surface area contributed by atoms with Crippen LogP contribution in [0, 0.1) is 11.6 Å². The Hall–Kier alpha value is -2.68. The second-order valence-corrected chi connectivity index (χ2v) is 7.34. The summed E-state index contributed by atoms with van der Waals surface area (Å²) in [6, 6.07) is -0.119. The van der Waals surface area contributed by atoms with Gasteiger partial charge in [0.15, 0.2) is 17.4 Å². The summed E-state index contributed by atoms with van der Waals surface area (Å²) in [6.07, 6.45) is 2.64. The van der Waals surface area contributed by atoms with Crippen molar-refractivity contribution in [1.82, 2.24) is 9.47 Å². The number of carbonyl (C=O) groups is 1. The van der Waals surface area contributed by atoms with E-state index < -0.39 is 34.3 Å². The third kappa shape index (κ3) is 2.81. The lowest BCUT2D eigenvalue weighted by Crippen LogP contribution is -2.45. The van der Waals surface area contributed by atoms with E-state index >= 15 is 8.78 Å². The van der Waals surface area contributed by atoms with Crippen LogP contribution in [0.5, 0.6) is 5.75 Å². The van der Waals surface area contributed by atoms with E-state index in [1.165, 1.54) is 17.9 Å². The maximum Gasteiger partial charge on any atom is 0.341 e. The Kier molecular flexibility index (Phi) is 4.49. The van der Waals surface area contributed by atoms with E-state index in [-0.39, 0.29) is 22.6 Å². The first kappa shape index (κ1) is 18.7. The summed E-state index contributed by atoms with van der Waals surface area (Å²) in [5.74, 6) is -3.67. The number of rotatable bonds is 4. The Balaban J connectivity index is 2.07. The Morgan fingerprint density at radius 3 is 2.36 bits per heavy atom. The number of carboxylic acids is 1. The number of ether oxygens (including phenoxy) is 1. The monoisotopic (exact) mass is 393 g/mol. The SMILES string of the molecule is COc1c(F)c(N2CCN(C)CC2)c(F)c2c1c(=O)c(C(=O)O)cn2C1CC1. The molecule has 2 heterocycles. The molecule has 150 valence electrons. The fraction of sp³-hybridized carbons (Fsp3) is 0.474. The number of hydrogen-bond acceptors (Lipinski definition) is 5. The molecule has 1 aromatic heterocycles. The third-order valence-corrected chi connectivity index (χ3v) is 5.48. The fourth-order valence-electron chi connectivity index (χ4n) is 3.79. The highest BCUT2D eigenvalue weighted by Crippen LogP contribution is 2.43. The van der Waals surface area contributed by atoms with Crippen LogP contribution >= 0.6 is 0 Å². The van der Waals surface area contributed by atoms with Gasteiger partial charge in [0.2, 0.25) is 5.43 Å². The first-order valence-electron chi connectivity index (χ1n) is 9.15. The van der Waals surface area contributed by atoms with Crippen molar-refractivity contribution in [2.75, 3.05) is 45.2 Å². The lowest BCUT2D eigenvalue weighted by Gasteiger charge is -2.35. The van der Waals surface area contributed by atoms with E-state index in [4.69, 9.17) is 4.74 Å². The third-order valence-electron chi connectivity index (χ3n) is 5.48. The van der Waals surface area contributed by atoms with E-state index in [0.717, 1.165) is 12.8 Å². The van der Waals surface area contributed by atoms with E-state index in [1.54, 1.807) is 4.90 Å². The smallest absolute Gasteiger partial charge is 0.341 e. The molecule has 2 aromatic rings. The predicted molar refractivity (Wildman–Crippen MR) is 99.6 cm³/mol. The van der Waals surface area contributed by atoms with Gasteiger partial charge >= 0.3 is 5.97 Å². The molecule has 7 nitrogen and oxygen atoms in total. The number of hydrogen-bond donors (Lipinski definition) is 1. The zero-order valence-corrected chi connectivity index (χ0v) is 15.7. The number of anilines is 1. The minimum atomic E-state index is -1.44. The van der Waals surface area contributed by atoms with Crippen LogP contribution in [-0.2, 0) is 0 Å². The molecule has 1 N–H and O–H groups in total. The highest BCUT2D eigenvalue weighted by atomic mass is 19.1. The van der Waals surface area contributed by atoms with Crippen molar-refractivity contribution >= 4 is 22.6 Å². The average molecular weight is 393 g/mol. The summed E-state index contributed by atoms with van der Waals surface area (Å²) in [5.41, 5.74) is -1.79. The van der Waals surface area contributed by atoms with E-state index in [0.29, 0.717) is 26.2 Å². The number of benzene rings is 1. The van der Waals surface area contributed by atoms with Gasteiger partial charge in [0, 0.05) is 38.4 Å². The number of aromatic nitrogens is 1. The molecule has 0 atom stereocenters. The molecule has 1 aromatic carbocycles. The molecule has 0 radical (unpaired) electrons. The fourth-order valence-corrected chi connectivity index (χ4v) is 3.79. The molecule has 0 spiro atoms. The normalized spacial score (nSPS) is 17.9. The highest BCUT2D eigenvalue weighted by molar-refractivity contribution is 5.97. The van der Waals surface area contributed by atoms with Crippen LogP contribution < -0.4 is 15.1 Å². The largest absolute Gasteiger partial charge is 0.493 e. The van der Waals surface area contributed by atoms with Crippen LogP contribution in [0.3, 0.4) is 0 Å². The van der Waals surface area contributed by atoms with Crippen LogP contribution in [-0.4, -0.2) is 60.9 Å². The van der Waals surface area contributed by atoms with Gasteiger partial charge in [-0.05, 0) is 19.9 Å². The van der Waals surface area contributed by atoms with Gasteiger partial charge in [-0.2, -0.15) is 0 Å². The molecule has 1 saturated carbocycles. The Morgan fingerprint density at radius 1 is 1.18 bits per heavy atom. The second-order valence-electron chi connectivity index (χ2n) is 7.34. The first-order valence-corrected chi connectivity index (χ1v) is 9.15. The molecule has 28 heavy (non-hydrogen) atoms. The van der Waals surface area contributed by atoms with Gasteiger partial charge in [-0.1, -0.05) is 0 Å². The maximum absolute atomic E-state index is 15.6. The summed E-state index contributed by atoms with van der Waals surface area (Å²) in [5, 5.41) is 9.02. The van der Waals surface area contributed by atoms with Crippen LogP contribution in [0.1, 0.15) is 29.2 Å². The second kappa shape index (κ2) is 6.73. The van der Waals surface area contributed by atoms with Gasteiger partial charge in [-0.3, -0.25) is 4.79 Å². The Bertz CT molecular complexity index is 1020. The van der Waals surface area contributed by atoms with Crippen molar-refractivity contribution < 1.29 is 23.4 Å². The van der Waals surface area contributed by atoms with Crippen molar-refractivity contribution in [2.45, 2.75) is 18.9 Å². The van der Waals surface area contributed by atoms with Gasteiger partial charge in [0.1, 0.15) is 11.3 Å². The van der Waals surface area contributed by atoms with E-state index in [1.807, 2.05) is 7.05 Å². The summed E-state index contributed by atoms with van der Waals surface area (Å²) in [6.45, 7) is 2.15. The molecule has 0 bridgehead atoms. The Labute approximate surface area is 159 Å². The van der Waals surface area contributed by atoms with E-state index in [9.17, 15) is 14.7 Å². The number of carboxylic acid groups (broad SMARTS) is 1. The van der Waals surface area contributed by atoms with Crippen molar-refractivity contribution in [3.63, 3.8) is 0 Å². The van der Waals surface area contributed by atoms with Crippen LogP contribution in [0.15, 0.2) is 11.0 Å². The summed E-state index contributed by atoms with van der Waals surface area (Å²) in [7, 11) is 3.13. The lowest BCUT2D eigenvalue weighted by molar-refractivity contribution is 0.0695. The van der Waals surface area contributed by atoms with Crippen LogP contribution in [0.25, 0.3) is 10.9 Å². The number of aromatic carboxylic acids is 1. The highest BCUT2D eigenvalue weighted by Gasteiger charge is 2.34. The summed E-state index contributed by atoms with van der Waals surface area (Å²) < 4.78 is 37.5. The Morgan fingerprint density at radius 2 is 1.82 bits per heavy atom. The molecule has 0 unspecified atom stereocenters. The predicted octanol–water partition coefficient (Wildman–Crippen LogP) is 2.07. The quantitative estimate of drug-likeness (QED) is 0.857. The molecule has 1 aliphatic carbocycles. The maximum atomic E-state index is 15.6. The molecule has 4 rings (SSSR count). The van der Waals surface area contributed by atoms with Crippen LogP contribution in [0.4, 0.5) is 14.5 Å². The molecule has 9 heteroatoms. The molecule has 0 amide bonds.